The van der Waals surface area contributed by atoms with Gasteiger partial charge in [-0.1, -0.05) is 29.3 Å². The molecule has 2 aromatic rings. The van der Waals surface area contributed by atoms with E-state index < -0.39 is 0 Å². The second-order valence-electron chi connectivity index (χ2n) is 2.95. The van der Waals surface area contributed by atoms with Gasteiger partial charge >= 0.3 is 0 Å². The molecule has 1 aromatic heterocycles. The van der Waals surface area contributed by atoms with Gasteiger partial charge in [-0.2, -0.15) is 0 Å². The second-order valence-corrected chi connectivity index (χ2v) is 3.77. The molecule has 15 heavy (non-hydrogen) atoms. The summed E-state index contributed by atoms with van der Waals surface area (Å²) in [4.78, 5) is 6.95. The molecule has 0 atom stereocenters. The van der Waals surface area contributed by atoms with Gasteiger partial charge in [-0.25, -0.2) is 4.98 Å². The SMILES string of the molecule is Cl.Clc1cccc(Cl)c1Cc1cnc[nH]1. The Morgan fingerprint density at radius 1 is 1.20 bits per heavy atom. The molecule has 0 saturated heterocycles. The Hall–Kier alpha value is -0.700. The molecule has 2 rings (SSSR count). The highest BCUT2D eigenvalue weighted by molar-refractivity contribution is 6.36. The van der Waals surface area contributed by atoms with Crippen LogP contribution in [-0.2, 0) is 6.42 Å². The van der Waals surface area contributed by atoms with Crippen molar-refractivity contribution in [1.82, 2.24) is 9.97 Å². The summed E-state index contributed by atoms with van der Waals surface area (Å²) in [6.07, 6.45) is 4.08. The largest absolute Gasteiger partial charge is 0.348 e. The number of imidazole rings is 1. The number of nitrogens with one attached hydrogen (secondary N) is 1. The monoisotopic (exact) mass is 262 g/mol. The number of halogens is 3. The van der Waals surface area contributed by atoms with Gasteiger partial charge in [0.05, 0.1) is 6.33 Å². The van der Waals surface area contributed by atoms with E-state index in [1.165, 1.54) is 0 Å². The summed E-state index contributed by atoms with van der Waals surface area (Å²) in [5, 5.41) is 1.37. The third kappa shape index (κ3) is 2.88. The third-order valence-electron chi connectivity index (χ3n) is 1.98. The van der Waals surface area contributed by atoms with Crippen LogP contribution in [0, 0.1) is 0 Å². The van der Waals surface area contributed by atoms with Gasteiger partial charge < -0.3 is 4.98 Å². The van der Waals surface area contributed by atoms with Crippen LogP contribution in [0.25, 0.3) is 0 Å². The zero-order chi connectivity index (χ0) is 9.97. The zero-order valence-electron chi connectivity index (χ0n) is 7.71. The van der Waals surface area contributed by atoms with E-state index in [2.05, 4.69) is 9.97 Å². The summed E-state index contributed by atoms with van der Waals surface area (Å²) in [5.41, 5.74) is 1.93. The molecular formula is C10H9Cl3N2. The number of hydrogen-bond acceptors (Lipinski definition) is 1. The molecule has 0 aliphatic heterocycles. The molecule has 1 heterocycles. The molecule has 0 unspecified atom stereocenters. The van der Waals surface area contributed by atoms with Crippen LogP contribution in [0.5, 0.6) is 0 Å². The summed E-state index contributed by atoms with van der Waals surface area (Å²) >= 11 is 12.1. The zero-order valence-corrected chi connectivity index (χ0v) is 10.0. The molecule has 0 radical (unpaired) electrons. The van der Waals surface area contributed by atoms with Crippen molar-refractivity contribution in [2.75, 3.05) is 0 Å². The van der Waals surface area contributed by atoms with E-state index >= 15 is 0 Å². The van der Waals surface area contributed by atoms with Crippen LogP contribution in [0.2, 0.25) is 10.0 Å². The van der Waals surface area contributed by atoms with Crippen molar-refractivity contribution < 1.29 is 0 Å². The van der Waals surface area contributed by atoms with Crippen molar-refractivity contribution in [3.63, 3.8) is 0 Å². The molecule has 0 saturated carbocycles. The summed E-state index contributed by atoms with van der Waals surface area (Å²) in [5.74, 6) is 0. The summed E-state index contributed by atoms with van der Waals surface area (Å²) in [6.45, 7) is 0. The molecule has 0 aliphatic rings. The molecule has 0 spiro atoms. The smallest absolute Gasteiger partial charge is 0.0921 e. The number of nitrogens with zero attached hydrogens (tertiary/aromatic N) is 1. The first-order chi connectivity index (χ1) is 6.77. The lowest BCUT2D eigenvalue weighted by Gasteiger charge is -2.04. The van der Waals surface area contributed by atoms with Crippen LogP contribution in [0.1, 0.15) is 11.3 Å². The number of H-pyrrole nitrogens is 1. The van der Waals surface area contributed by atoms with E-state index in [4.69, 9.17) is 23.2 Å². The molecule has 5 heteroatoms. The molecular weight excluding hydrogens is 254 g/mol. The van der Waals surface area contributed by atoms with Gasteiger partial charge in [-0.15, -0.1) is 12.4 Å². The number of hydrogen-bond donors (Lipinski definition) is 1. The summed E-state index contributed by atoms with van der Waals surface area (Å²) in [7, 11) is 0. The average molecular weight is 264 g/mol. The molecule has 0 fully saturated rings. The van der Waals surface area contributed by atoms with Gasteiger partial charge in [-0.05, 0) is 17.7 Å². The minimum atomic E-state index is 0. The maximum Gasteiger partial charge on any atom is 0.0921 e. The number of benzene rings is 1. The minimum Gasteiger partial charge on any atom is -0.348 e. The van der Waals surface area contributed by atoms with Gasteiger partial charge in [-0.3, -0.25) is 0 Å². The fraction of sp³-hybridized carbons (Fsp3) is 0.100. The van der Waals surface area contributed by atoms with Gasteiger partial charge in [0, 0.05) is 28.4 Å². The maximum absolute atomic E-state index is 6.03. The highest BCUT2D eigenvalue weighted by atomic mass is 35.5. The van der Waals surface area contributed by atoms with E-state index in [1.807, 2.05) is 18.2 Å². The van der Waals surface area contributed by atoms with Crippen LogP contribution in [0.4, 0.5) is 0 Å². The molecule has 0 bridgehead atoms. The Morgan fingerprint density at radius 2 is 1.87 bits per heavy atom. The lowest BCUT2D eigenvalue weighted by molar-refractivity contribution is 1.11. The van der Waals surface area contributed by atoms with Crippen molar-refractivity contribution >= 4 is 35.6 Å². The van der Waals surface area contributed by atoms with E-state index in [0.29, 0.717) is 16.5 Å². The van der Waals surface area contributed by atoms with Gasteiger partial charge in [0.1, 0.15) is 0 Å². The first-order valence-corrected chi connectivity index (χ1v) is 4.93. The second kappa shape index (κ2) is 5.40. The lowest BCUT2D eigenvalue weighted by atomic mass is 10.1. The predicted molar refractivity (Wildman–Crippen MR) is 65.1 cm³/mol. The topological polar surface area (TPSA) is 28.7 Å². The van der Waals surface area contributed by atoms with Gasteiger partial charge in [0.15, 0.2) is 0 Å². The van der Waals surface area contributed by atoms with Crippen LogP contribution in [0.3, 0.4) is 0 Å². The summed E-state index contributed by atoms with van der Waals surface area (Å²) < 4.78 is 0. The van der Waals surface area contributed by atoms with E-state index in [1.54, 1.807) is 12.5 Å². The van der Waals surface area contributed by atoms with Crippen LogP contribution < -0.4 is 0 Å². The fourth-order valence-electron chi connectivity index (χ4n) is 1.27. The van der Waals surface area contributed by atoms with Crippen LogP contribution in [0.15, 0.2) is 30.7 Å². The van der Waals surface area contributed by atoms with E-state index in [0.717, 1.165) is 11.3 Å². The minimum absolute atomic E-state index is 0. The Bertz CT molecular complexity index is 406. The predicted octanol–water partition coefficient (Wildman–Crippen LogP) is 3.73. The lowest BCUT2D eigenvalue weighted by Crippen LogP contribution is -1.90. The van der Waals surface area contributed by atoms with Crippen molar-refractivity contribution in [3.8, 4) is 0 Å². The highest BCUT2D eigenvalue weighted by Crippen LogP contribution is 2.25. The van der Waals surface area contributed by atoms with Crippen LogP contribution >= 0.6 is 35.6 Å². The molecule has 1 aromatic carbocycles. The van der Waals surface area contributed by atoms with Gasteiger partial charge in [0.2, 0.25) is 0 Å². The van der Waals surface area contributed by atoms with Crippen molar-refractivity contribution in [3.05, 3.63) is 52.0 Å². The highest BCUT2D eigenvalue weighted by Gasteiger charge is 2.06. The Labute approximate surface area is 104 Å². The Kier molecular flexibility index (Phi) is 4.45. The number of aromatic amines is 1. The standard InChI is InChI=1S/C10H8Cl2N2.ClH/c11-9-2-1-3-10(12)8(9)4-7-5-13-6-14-7;/h1-3,5-6H,4H2,(H,13,14);1H. The first kappa shape index (κ1) is 12.4. The number of rotatable bonds is 2. The third-order valence-corrected chi connectivity index (χ3v) is 2.69. The first-order valence-electron chi connectivity index (χ1n) is 4.17. The maximum atomic E-state index is 6.03. The van der Waals surface area contributed by atoms with E-state index in [9.17, 15) is 0 Å². The average Bonchev–Trinajstić information content (AvgIpc) is 2.64. The molecule has 1 N–H and O–H groups in total. The molecule has 2 nitrogen and oxygen atoms in total. The molecule has 0 aliphatic carbocycles. The Balaban J connectivity index is 0.00000112. The van der Waals surface area contributed by atoms with E-state index in [-0.39, 0.29) is 12.4 Å². The Morgan fingerprint density at radius 3 is 2.40 bits per heavy atom. The summed E-state index contributed by atoms with van der Waals surface area (Å²) in [6, 6.07) is 5.50. The van der Waals surface area contributed by atoms with Crippen molar-refractivity contribution in [2.24, 2.45) is 0 Å². The molecule has 0 amide bonds. The normalized spacial score (nSPS) is 9.73. The van der Waals surface area contributed by atoms with Crippen molar-refractivity contribution in [2.45, 2.75) is 6.42 Å². The molecule has 80 valence electrons. The van der Waals surface area contributed by atoms with Crippen molar-refractivity contribution in [1.29, 1.82) is 0 Å². The fourth-order valence-corrected chi connectivity index (χ4v) is 1.80. The number of aromatic nitrogens is 2. The van der Waals surface area contributed by atoms with Gasteiger partial charge in [0.25, 0.3) is 0 Å². The quantitative estimate of drug-likeness (QED) is 0.879. The van der Waals surface area contributed by atoms with Crippen LogP contribution in [-0.4, -0.2) is 9.97 Å².